The van der Waals surface area contributed by atoms with Crippen molar-refractivity contribution in [2.75, 3.05) is 5.73 Å². The second-order valence-corrected chi connectivity index (χ2v) is 4.09. The van der Waals surface area contributed by atoms with Crippen LogP contribution in [0.5, 0.6) is 0 Å². The highest BCUT2D eigenvalue weighted by atomic mass is 15.3. The molecule has 2 N–H and O–H groups in total. The number of rotatable bonds is 3. The number of nitrogens with zero attached hydrogens (tertiary/aromatic N) is 4. The van der Waals surface area contributed by atoms with Gasteiger partial charge in [-0.25, -0.2) is 4.98 Å². The van der Waals surface area contributed by atoms with Gasteiger partial charge in [0.2, 0.25) is 0 Å². The van der Waals surface area contributed by atoms with Crippen molar-refractivity contribution in [1.29, 1.82) is 0 Å². The van der Waals surface area contributed by atoms with Crippen LogP contribution >= 0.6 is 0 Å². The van der Waals surface area contributed by atoms with E-state index >= 15 is 0 Å². The van der Waals surface area contributed by atoms with E-state index in [1.807, 2.05) is 11.6 Å². The Morgan fingerprint density at radius 1 is 1.24 bits per heavy atom. The van der Waals surface area contributed by atoms with Crippen LogP contribution in [0.15, 0.2) is 12.4 Å². The quantitative estimate of drug-likeness (QED) is 0.868. The summed E-state index contributed by atoms with van der Waals surface area (Å²) in [6.07, 6.45) is 4.27. The zero-order chi connectivity index (χ0) is 12.4. The summed E-state index contributed by atoms with van der Waals surface area (Å²) in [5.74, 6) is 0.441. The molecule has 0 fully saturated rings. The molecule has 90 valence electrons. The van der Waals surface area contributed by atoms with E-state index in [1.54, 1.807) is 12.4 Å². The van der Waals surface area contributed by atoms with Gasteiger partial charge in [0.1, 0.15) is 5.82 Å². The number of nitrogen functional groups attached to an aromatic ring is 1. The van der Waals surface area contributed by atoms with Crippen molar-refractivity contribution in [3.05, 3.63) is 35.0 Å². The summed E-state index contributed by atoms with van der Waals surface area (Å²) in [4.78, 5) is 8.26. The van der Waals surface area contributed by atoms with Crippen molar-refractivity contribution in [3.8, 4) is 0 Å². The maximum absolute atomic E-state index is 5.50. The van der Waals surface area contributed by atoms with E-state index in [0.29, 0.717) is 12.4 Å². The molecule has 0 radical (unpaired) electrons. The topological polar surface area (TPSA) is 69.6 Å². The van der Waals surface area contributed by atoms with Crippen molar-refractivity contribution in [2.24, 2.45) is 0 Å². The molecule has 0 atom stereocenters. The van der Waals surface area contributed by atoms with Gasteiger partial charge in [-0.3, -0.25) is 9.67 Å². The van der Waals surface area contributed by atoms with Crippen LogP contribution in [0.1, 0.15) is 29.6 Å². The monoisotopic (exact) mass is 231 g/mol. The number of hydrogen-bond donors (Lipinski definition) is 1. The minimum Gasteiger partial charge on any atom is -0.382 e. The van der Waals surface area contributed by atoms with Gasteiger partial charge in [0.05, 0.1) is 30.3 Å². The Balaban J connectivity index is 2.27. The van der Waals surface area contributed by atoms with Gasteiger partial charge in [0.25, 0.3) is 0 Å². The zero-order valence-corrected chi connectivity index (χ0v) is 10.4. The Hall–Kier alpha value is -1.91. The molecule has 0 aliphatic rings. The third-order valence-electron chi connectivity index (χ3n) is 2.92. The molecular formula is C12H17N5. The van der Waals surface area contributed by atoms with Crippen LogP contribution in [-0.2, 0) is 13.0 Å². The molecule has 0 amide bonds. The minimum absolute atomic E-state index is 0.441. The first-order valence-corrected chi connectivity index (χ1v) is 5.71. The first kappa shape index (κ1) is 11.6. The molecular weight excluding hydrogens is 214 g/mol. The average Bonchev–Trinajstić information content (AvgIpc) is 2.57. The molecule has 5 heteroatoms. The summed E-state index contributed by atoms with van der Waals surface area (Å²) in [6, 6.07) is 0. The molecule has 0 bridgehead atoms. The average molecular weight is 231 g/mol. The molecule has 2 rings (SSSR count). The molecule has 0 unspecified atom stereocenters. The second-order valence-electron chi connectivity index (χ2n) is 4.09. The summed E-state index contributed by atoms with van der Waals surface area (Å²) >= 11 is 0. The number of aromatic nitrogens is 4. The van der Waals surface area contributed by atoms with Crippen molar-refractivity contribution in [2.45, 2.75) is 33.7 Å². The number of aryl methyl sites for hydroxylation is 1. The van der Waals surface area contributed by atoms with E-state index in [4.69, 9.17) is 5.73 Å². The Morgan fingerprint density at radius 2 is 2.00 bits per heavy atom. The van der Waals surface area contributed by atoms with Crippen LogP contribution in [0.2, 0.25) is 0 Å². The van der Waals surface area contributed by atoms with E-state index < -0.39 is 0 Å². The highest BCUT2D eigenvalue weighted by Crippen LogP contribution is 2.14. The number of nitrogens with two attached hydrogens (primary N) is 1. The third-order valence-corrected chi connectivity index (χ3v) is 2.92. The predicted molar refractivity (Wildman–Crippen MR) is 66.6 cm³/mol. The van der Waals surface area contributed by atoms with E-state index in [0.717, 1.165) is 17.8 Å². The van der Waals surface area contributed by atoms with Crippen LogP contribution < -0.4 is 5.73 Å². The first-order chi connectivity index (χ1) is 8.11. The highest BCUT2D eigenvalue weighted by molar-refractivity contribution is 5.26. The Kier molecular flexibility index (Phi) is 3.08. The first-order valence-electron chi connectivity index (χ1n) is 5.71. The largest absolute Gasteiger partial charge is 0.382 e. The van der Waals surface area contributed by atoms with E-state index in [1.165, 1.54) is 11.3 Å². The van der Waals surface area contributed by atoms with Gasteiger partial charge < -0.3 is 5.73 Å². The lowest BCUT2D eigenvalue weighted by Crippen LogP contribution is -2.07. The maximum Gasteiger partial charge on any atom is 0.141 e. The molecule has 0 saturated heterocycles. The van der Waals surface area contributed by atoms with Crippen LogP contribution in [0.3, 0.4) is 0 Å². The maximum atomic E-state index is 5.50. The van der Waals surface area contributed by atoms with Crippen molar-refractivity contribution in [3.63, 3.8) is 0 Å². The van der Waals surface area contributed by atoms with E-state index in [2.05, 4.69) is 28.9 Å². The van der Waals surface area contributed by atoms with Gasteiger partial charge in [0, 0.05) is 5.69 Å². The van der Waals surface area contributed by atoms with Crippen molar-refractivity contribution < 1.29 is 0 Å². The molecule has 17 heavy (non-hydrogen) atoms. The summed E-state index contributed by atoms with van der Waals surface area (Å²) in [6.45, 7) is 6.91. The third kappa shape index (κ3) is 2.27. The van der Waals surface area contributed by atoms with Crippen LogP contribution in [-0.4, -0.2) is 19.7 Å². The normalized spacial score (nSPS) is 10.8. The van der Waals surface area contributed by atoms with Gasteiger partial charge >= 0.3 is 0 Å². The van der Waals surface area contributed by atoms with E-state index in [9.17, 15) is 0 Å². The van der Waals surface area contributed by atoms with Crippen LogP contribution in [0, 0.1) is 13.8 Å². The lowest BCUT2D eigenvalue weighted by atomic mass is 10.1. The summed E-state index contributed by atoms with van der Waals surface area (Å²) < 4.78 is 1.97. The molecule has 5 nitrogen and oxygen atoms in total. The molecule has 0 aliphatic carbocycles. The van der Waals surface area contributed by atoms with Crippen molar-refractivity contribution in [1.82, 2.24) is 19.7 Å². The zero-order valence-electron chi connectivity index (χ0n) is 10.4. The lowest BCUT2D eigenvalue weighted by Gasteiger charge is -2.04. The van der Waals surface area contributed by atoms with Gasteiger partial charge in [-0.15, -0.1) is 0 Å². The molecule has 0 saturated carbocycles. The SMILES string of the molecule is CCc1c(C)nn(Cc2cnc(N)cn2)c1C. The number of anilines is 1. The standard InChI is InChI=1S/C12H17N5/c1-4-11-8(2)16-17(9(11)3)7-10-5-15-12(13)6-14-10/h5-6H,4,7H2,1-3H3,(H2,13,15). The fourth-order valence-corrected chi connectivity index (χ4v) is 2.00. The molecule has 0 spiro atoms. The van der Waals surface area contributed by atoms with E-state index in [-0.39, 0.29) is 0 Å². The summed E-state index contributed by atoms with van der Waals surface area (Å²) in [7, 11) is 0. The fourth-order valence-electron chi connectivity index (χ4n) is 2.00. The molecule has 2 heterocycles. The smallest absolute Gasteiger partial charge is 0.141 e. The molecule has 0 aromatic carbocycles. The highest BCUT2D eigenvalue weighted by Gasteiger charge is 2.10. The predicted octanol–water partition coefficient (Wildman–Crippen LogP) is 1.48. The molecule has 0 aliphatic heterocycles. The van der Waals surface area contributed by atoms with Crippen LogP contribution in [0.25, 0.3) is 0 Å². The summed E-state index contributed by atoms with van der Waals surface area (Å²) in [5, 5.41) is 4.52. The number of hydrogen-bond acceptors (Lipinski definition) is 4. The van der Waals surface area contributed by atoms with Gasteiger partial charge in [-0.2, -0.15) is 5.10 Å². The van der Waals surface area contributed by atoms with Crippen LogP contribution in [0.4, 0.5) is 5.82 Å². The summed E-state index contributed by atoms with van der Waals surface area (Å²) in [5.41, 5.74) is 9.97. The van der Waals surface area contributed by atoms with Gasteiger partial charge in [-0.1, -0.05) is 6.92 Å². The fraction of sp³-hybridized carbons (Fsp3) is 0.417. The second kappa shape index (κ2) is 4.53. The Bertz CT molecular complexity index is 512. The lowest BCUT2D eigenvalue weighted by molar-refractivity contribution is 0.644. The van der Waals surface area contributed by atoms with Gasteiger partial charge in [0.15, 0.2) is 0 Å². The molecule has 2 aromatic heterocycles. The molecule has 2 aromatic rings. The van der Waals surface area contributed by atoms with Crippen molar-refractivity contribution >= 4 is 5.82 Å². The Labute approximate surface area is 101 Å². The van der Waals surface area contributed by atoms with Gasteiger partial charge in [-0.05, 0) is 25.8 Å². The minimum atomic E-state index is 0.441. The Morgan fingerprint density at radius 3 is 2.53 bits per heavy atom.